The molecule has 0 amide bonds. The van der Waals surface area contributed by atoms with Crippen LogP contribution in [0.15, 0.2) is 49.1 Å². The Morgan fingerprint density at radius 1 is 0.611 bits per heavy atom. The van der Waals surface area contributed by atoms with Gasteiger partial charge in [-0.25, -0.2) is 4.57 Å². The third-order valence-corrected chi connectivity index (χ3v) is 8.12. The highest BCUT2D eigenvalue weighted by molar-refractivity contribution is 5.15. The largest absolute Gasteiger partial charge is 0.250 e. The van der Waals surface area contributed by atoms with E-state index in [2.05, 4.69) is 72.5 Å². The monoisotopic (exact) mass is 495 g/mol. The van der Waals surface area contributed by atoms with Gasteiger partial charge in [0.05, 0.1) is 0 Å². The number of imidazole rings is 1. The summed E-state index contributed by atoms with van der Waals surface area (Å²) in [4.78, 5) is 3.33. The fourth-order valence-corrected chi connectivity index (χ4v) is 5.86. The minimum absolute atomic E-state index is 0.607. The van der Waals surface area contributed by atoms with Crippen molar-refractivity contribution in [2.24, 2.45) is 5.92 Å². The van der Waals surface area contributed by atoms with Gasteiger partial charge in [0.15, 0.2) is 0 Å². The van der Waals surface area contributed by atoms with Gasteiger partial charge in [-0.05, 0) is 31.2 Å². The van der Waals surface area contributed by atoms with E-state index in [0.29, 0.717) is 12.0 Å². The van der Waals surface area contributed by atoms with Crippen molar-refractivity contribution in [2.75, 3.05) is 0 Å². The van der Waals surface area contributed by atoms with E-state index >= 15 is 0 Å². The Morgan fingerprint density at radius 2 is 1.11 bits per heavy atom. The Labute approximate surface area is 224 Å². The summed E-state index contributed by atoms with van der Waals surface area (Å²) in [6, 6.07) is 11.8. The second-order valence-electron chi connectivity index (χ2n) is 11.3. The Kier molecular flexibility index (Phi) is 18.3. The molecule has 204 valence electrons. The van der Waals surface area contributed by atoms with Gasteiger partial charge in [0.2, 0.25) is 6.33 Å². The van der Waals surface area contributed by atoms with Gasteiger partial charge in [-0.3, -0.25) is 4.98 Å². The lowest BCUT2D eigenvalue weighted by Crippen LogP contribution is -2.42. The predicted octanol–water partition coefficient (Wildman–Crippen LogP) is 10.5. The summed E-state index contributed by atoms with van der Waals surface area (Å²) in [7, 11) is 0. The number of hydrogen-bond acceptors (Lipinski definition) is 0. The van der Waals surface area contributed by atoms with Gasteiger partial charge in [0.1, 0.15) is 18.4 Å². The highest BCUT2D eigenvalue weighted by atomic mass is 15.1. The van der Waals surface area contributed by atoms with Crippen molar-refractivity contribution in [3.63, 3.8) is 0 Å². The number of rotatable bonds is 24. The van der Waals surface area contributed by atoms with Crippen LogP contribution < -0.4 is 4.57 Å². The summed E-state index contributed by atoms with van der Waals surface area (Å²) in [5.74, 6) is 0.715. The number of hydrogen-bond donors (Lipinski definition) is 1. The molecule has 1 aromatic carbocycles. The van der Waals surface area contributed by atoms with Gasteiger partial charge in [-0.2, -0.15) is 0 Å². The smallest absolute Gasteiger partial charge is 0.241 e. The molecule has 2 rings (SSSR count). The van der Waals surface area contributed by atoms with Crippen LogP contribution in [0.5, 0.6) is 0 Å². The van der Waals surface area contributed by atoms with Crippen molar-refractivity contribution >= 4 is 0 Å². The molecule has 0 aliphatic rings. The van der Waals surface area contributed by atoms with Crippen LogP contribution in [-0.4, -0.2) is 4.98 Å². The third-order valence-electron chi connectivity index (χ3n) is 8.12. The van der Waals surface area contributed by atoms with Gasteiger partial charge < -0.3 is 0 Å². The summed E-state index contributed by atoms with van der Waals surface area (Å²) in [6.45, 7) is 4.61. The number of nitrogens with one attached hydrogen (secondary N) is 1. The Morgan fingerprint density at radius 3 is 1.61 bits per heavy atom. The molecule has 2 heteroatoms. The lowest BCUT2D eigenvalue weighted by Gasteiger charge is -2.25. The molecule has 1 heterocycles. The maximum Gasteiger partial charge on any atom is 0.241 e. The van der Waals surface area contributed by atoms with Crippen LogP contribution >= 0.6 is 0 Å². The van der Waals surface area contributed by atoms with Crippen molar-refractivity contribution in [3.8, 4) is 0 Å². The molecule has 0 fully saturated rings. The number of nitrogens with zero attached hydrogens (tertiary/aromatic N) is 1. The van der Waals surface area contributed by atoms with Crippen molar-refractivity contribution in [1.29, 1.82) is 0 Å². The second kappa shape index (κ2) is 21.5. The highest BCUT2D eigenvalue weighted by Gasteiger charge is 2.26. The normalized spacial score (nSPS) is 13.2. The first-order valence-electron chi connectivity index (χ1n) is 15.9. The topological polar surface area (TPSA) is 19.7 Å². The van der Waals surface area contributed by atoms with Crippen LogP contribution in [0.2, 0.25) is 0 Å². The lowest BCUT2D eigenvalue weighted by atomic mass is 9.84. The molecule has 36 heavy (non-hydrogen) atoms. The molecule has 2 aromatic rings. The molecule has 0 spiro atoms. The molecular formula is C34H59N2+. The Bertz CT molecular complexity index is 693. The zero-order valence-electron chi connectivity index (χ0n) is 24.1. The van der Waals surface area contributed by atoms with Crippen LogP contribution in [0, 0.1) is 5.92 Å². The molecule has 0 aliphatic carbocycles. The Balaban J connectivity index is 1.82. The van der Waals surface area contributed by atoms with E-state index in [1.807, 2.05) is 0 Å². The third kappa shape index (κ3) is 14.2. The number of H-pyrrole nitrogens is 1. The molecule has 2 unspecified atom stereocenters. The Hall–Kier alpha value is -1.57. The first-order chi connectivity index (χ1) is 17.8. The quantitative estimate of drug-likeness (QED) is 0.110. The number of benzene rings is 1. The SMILES string of the molecule is CCCCCCCCCCCCC(C(CCCCCCCCCC)Cc1ccccc1)[n+]1cc[nH]c1. The van der Waals surface area contributed by atoms with Crippen LogP contribution in [0.1, 0.15) is 154 Å². The lowest BCUT2D eigenvalue weighted by molar-refractivity contribution is -0.730. The van der Waals surface area contributed by atoms with Crippen molar-refractivity contribution in [1.82, 2.24) is 4.98 Å². The van der Waals surface area contributed by atoms with Gasteiger partial charge >= 0.3 is 0 Å². The number of aromatic amines is 1. The van der Waals surface area contributed by atoms with Crippen molar-refractivity contribution < 1.29 is 4.57 Å². The van der Waals surface area contributed by atoms with E-state index in [4.69, 9.17) is 0 Å². The number of unbranched alkanes of at least 4 members (excludes halogenated alkanes) is 16. The summed E-state index contributed by atoms with van der Waals surface area (Å²) >= 11 is 0. The van der Waals surface area contributed by atoms with Crippen LogP contribution in [0.4, 0.5) is 0 Å². The maximum absolute atomic E-state index is 3.33. The van der Waals surface area contributed by atoms with E-state index in [1.165, 1.54) is 140 Å². The van der Waals surface area contributed by atoms with E-state index in [1.54, 1.807) is 0 Å². The van der Waals surface area contributed by atoms with Gasteiger partial charge in [0, 0.05) is 5.92 Å². The maximum atomic E-state index is 3.33. The second-order valence-corrected chi connectivity index (χ2v) is 11.3. The summed E-state index contributed by atoms with van der Waals surface area (Å²) < 4.78 is 2.49. The molecule has 1 aromatic heterocycles. The first kappa shape index (κ1) is 30.7. The summed E-state index contributed by atoms with van der Waals surface area (Å²) in [5.41, 5.74) is 1.51. The minimum Gasteiger partial charge on any atom is -0.250 e. The molecule has 0 saturated heterocycles. The summed E-state index contributed by atoms with van der Waals surface area (Å²) in [6.07, 6.45) is 35.8. The number of aromatic nitrogens is 2. The van der Waals surface area contributed by atoms with Crippen LogP contribution in [0.3, 0.4) is 0 Å². The molecule has 0 radical (unpaired) electrons. The molecule has 0 saturated carbocycles. The average Bonchev–Trinajstić information content (AvgIpc) is 3.44. The molecule has 0 bridgehead atoms. The predicted molar refractivity (Wildman–Crippen MR) is 157 cm³/mol. The van der Waals surface area contributed by atoms with E-state index in [0.717, 1.165) is 0 Å². The molecule has 0 aliphatic heterocycles. The van der Waals surface area contributed by atoms with Gasteiger partial charge in [0.25, 0.3) is 0 Å². The van der Waals surface area contributed by atoms with Gasteiger partial charge in [-0.1, -0.05) is 153 Å². The van der Waals surface area contributed by atoms with Crippen LogP contribution in [-0.2, 0) is 6.42 Å². The van der Waals surface area contributed by atoms with Crippen molar-refractivity contribution in [3.05, 3.63) is 54.6 Å². The van der Waals surface area contributed by atoms with E-state index < -0.39 is 0 Å². The molecule has 2 nitrogen and oxygen atoms in total. The van der Waals surface area contributed by atoms with Crippen molar-refractivity contribution in [2.45, 2.75) is 155 Å². The standard InChI is InChI=1S/C34H58N2/c1-3-5-7-9-11-13-14-16-18-23-27-34(36-29-28-35-31-36)33(30-32-24-20-19-21-25-32)26-22-17-15-12-10-8-6-4-2/h19-21,24-25,28-29,31,33-34H,3-18,22-23,26-27,30H2,1-2H3/p+1. The summed E-state index contributed by atoms with van der Waals surface area (Å²) in [5, 5.41) is 0. The van der Waals surface area contributed by atoms with Gasteiger partial charge in [-0.15, -0.1) is 0 Å². The average molecular weight is 496 g/mol. The fourth-order valence-electron chi connectivity index (χ4n) is 5.86. The minimum atomic E-state index is 0.607. The molecule has 2 atom stereocenters. The molecule has 1 N–H and O–H groups in total. The fraction of sp³-hybridized carbons (Fsp3) is 0.735. The zero-order chi connectivity index (χ0) is 25.5. The first-order valence-corrected chi connectivity index (χ1v) is 15.9. The van der Waals surface area contributed by atoms with E-state index in [9.17, 15) is 0 Å². The zero-order valence-corrected chi connectivity index (χ0v) is 24.1. The van der Waals surface area contributed by atoms with E-state index in [-0.39, 0.29) is 0 Å². The highest BCUT2D eigenvalue weighted by Crippen LogP contribution is 2.29. The molecular weight excluding hydrogens is 436 g/mol. The van der Waals surface area contributed by atoms with Crippen LogP contribution in [0.25, 0.3) is 0 Å².